The van der Waals surface area contributed by atoms with Gasteiger partial charge in [-0.15, -0.1) is 11.3 Å². The molecular weight excluding hydrogens is 336 g/mol. The van der Waals surface area contributed by atoms with Gasteiger partial charge >= 0.3 is 0 Å². The molecule has 0 radical (unpaired) electrons. The Kier molecular flexibility index (Phi) is 5.20. The Hall–Kier alpha value is -2.18. The third-order valence-electron chi connectivity index (χ3n) is 4.20. The molecule has 132 valence electrons. The number of nitrogens with one attached hydrogen (secondary N) is 1. The van der Waals surface area contributed by atoms with Crippen molar-refractivity contribution in [2.24, 2.45) is 0 Å². The van der Waals surface area contributed by atoms with E-state index < -0.39 is 0 Å². The second kappa shape index (κ2) is 7.37. The van der Waals surface area contributed by atoms with Crippen LogP contribution < -0.4 is 5.32 Å². The summed E-state index contributed by atoms with van der Waals surface area (Å²) < 4.78 is 5.48. The fraction of sp³-hybridized carbons (Fsp3) is 0.368. The molecule has 0 saturated carbocycles. The van der Waals surface area contributed by atoms with Crippen LogP contribution in [0.15, 0.2) is 41.8 Å². The molecule has 1 aromatic carbocycles. The average Bonchev–Trinajstić information content (AvgIpc) is 3.07. The lowest BCUT2D eigenvalue weighted by molar-refractivity contribution is -0.115. The van der Waals surface area contributed by atoms with Crippen molar-refractivity contribution in [2.75, 3.05) is 25.1 Å². The molecule has 0 aliphatic carbocycles. The Morgan fingerprint density at radius 1 is 1.28 bits per heavy atom. The molecule has 3 rings (SSSR count). The summed E-state index contributed by atoms with van der Waals surface area (Å²) in [7, 11) is 0. The lowest BCUT2D eigenvalue weighted by Gasteiger charge is -2.42. The van der Waals surface area contributed by atoms with Crippen LogP contribution in [0.2, 0.25) is 0 Å². The molecule has 25 heavy (non-hydrogen) atoms. The predicted molar refractivity (Wildman–Crippen MR) is 99.0 cm³/mol. The highest BCUT2D eigenvalue weighted by atomic mass is 32.1. The standard InChI is InChI=1S/C19H22N2O3S/c1-19(2)13-24-9-8-21(19)18(23)14-5-3-6-15(11-14)20-17(22)12-16-7-4-10-25-16/h3-7,10-11H,8-9,12-13H2,1-2H3,(H,20,22). The molecule has 2 heterocycles. The number of ether oxygens (including phenoxy) is 1. The Morgan fingerprint density at radius 2 is 2.12 bits per heavy atom. The number of anilines is 1. The summed E-state index contributed by atoms with van der Waals surface area (Å²) in [5.41, 5.74) is 0.871. The fourth-order valence-electron chi connectivity index (χ4n) is 2.90. The Balaban J connectivity index is 1.70. The van der Waals surface area contributed by atoms with Gasteiger partial charge in [0.15, 0.2) is 0 Å². The van der Waals surface area contributed by atoms with E-state index in [2.05, 4.69) is 5.32 Å². The van der Waals surface area contributed by atoms with Gasteiger partial charge in [-0.05, 0) is 43.5 Å². The maximum absolute atomic E-state index is 12.9. The molecule has 1 aromatic heterocycles. The molecule has 1 N–H and O–H groups in total. The van der Waals surface area contributed by atoms with Crippen LogP contribution in [-0.2, 0) is 16.0 Å². The van der Waals surface area contributed by atoms with Crippen molar-refractivity contribution < 1.29 is 14.3 Å². The van der Waals surface area contributed by atoms with Crippen LogP contribution in [0.3, 0.4) is 0 Å². The summed E-state index contributed by atoms with van der Waals surface area (Å²) in [6.07, 6.45) is 0.340. The number of rotatable bonds is 4. The zero-order valence-electron chi connectivity index (χ0n) is 14.5. The van der Waals surface area contributed by atoms with Gasteiger partial charge in [-0.25, -0.2) is 0 Å². The number of benzene rings is 1. The first-order chi connectivity index (χ1) is 12.0. The molecule has 1 aliphatic heterocycles. The van der Waals surface area contributed by atoms with E-state index in [-0.39, 0.29) is 17.4 Å². The highest BCUT2D eigenvalue weighted by Crippen LogP contribution is 2.23. The molecule has 1 aliphatic rings. The molecule has 2 amide bonds. The first kappa shape index (κ1) is 17.6. The van der Waals surface area contributed by atoms with Gasteiger partial charge in [0.2, 0.25) is 5.91 Å². The monoisotopic (exact) mass is 358 g/mol. The predicted octanol–water partition coefficient (Wildman–Crippen LogP) is 3.18. The number of hydrogen-bond acceptors (Lipinski definition) is 4. The van der Waals surface area contributed by atoms with E-state index in [1.165, 1.54) is 0 Å². The molecular formula is C19H22N2O3S. The van der Waals surface area contributed by atoms with Gasteiger partial charge in [-0.1, -0.05) is 12.1 Å². The number of morpholine rings is 1. The SMILES string of the molecule is CC1(C)COCCN1C(=O)c1cccc(NC(=O)Cc2cccs2)c1. The number of thiophene rings is 1. The van der Waals surface area contributed by atoms with Crippen LogP contribution in [0.4, 0.5) is 5.69 Å². The second-order valence-electron chi connectivity index (χ2n) is 6.71. The molecule has 0 bridgehead atoms. The quantitative estimate of drug-likeness (QED) is 0.913. The number of carbonyl (C=O) groups is 2. The number of amides is 2. The van der Waals surface area contributed by atoms with Crippen LogP contribution in [0.5, 0.6) is 0 Å². The zero-order chi connectivity index (χ0) is 17.9. The summed E-state index contributed by atoms with van der Waals surface area (Å²) in [6.45, 7) is 5.64. The Labute approximate surface area is 151 Å². The van der Waals surface area contributed by atoms with Gasteiger partial charge in [0.05, 0.1) is 25.2 Å². The van der Waals surface area contributed by atoms with Gasteiger partial charge in [-0.2, -0.15) is 0 Å². The third-order valence-corrected chi connectivity index (χ3v) is 5.07. The van der Waals surface area contributed by atoms with Crippen molar-refractivity contribution in [3.63, 3.8) is 0 Å². The molecule has 0 unspecified atom stereocenters. The normalized spacial score (nSPS) is 16.5. The maximum atomic E-state index is 12.9. The molecule has 0 spiro atoms. The van der Waals surface area contributed by atoms with Gasteiger partial charge in [0.25, 0.3) is 5.91 Å². The molecule has 0 atom stereocenters. The largest absolute Gasteiger partial charge is 0.377 e. The van der Waals surface area contributed by atoms with E-state index in [1.54, 1.807) is 35.6 Å². The van der Waals surface area contributed by atoms with Gasteiger partial charge in [0.1, 0.15) is 0 Å². The van der Waals surface area contributed by atoms with Crippen molar-refractivity contribution in [1.29, 1.82) is 0 Å². The maximum Gasteiger partial charge on any atom is 0.254 e. The lowest BCUT2D eigenvalue weighted by Crippen LogP contribution is -2.55. The van der Waals surface area contributed by atoms with Crippen LogP contribution in [0, 0.1) is 0 Å². The minimum absolute atomic E-state index is 0.0392. The van der Waals surface area contributed by atoms with E-state index in [9.17, 15) is 9.59 Å². The first-order valence-corrected chi connectivity index (χ1v) is 9.16. The van der Waals surface area contributed by atoms with Gasteiger partial charge in [-0.3, -0.25) is 9.59 Å². The zero-order valence-corrected chi connectivity index (χ0v) is 15.3. The van der Waals surface area contributed by atoms with Crippen molar-refractivity contribution in [3.8, 4) is 0 Å². The second-order valence-corrected chi connectivity index (χ2v) is 7.74. The van der Waals surface area contributed by atoms with Crippen molar-refractivity contribution in [3.05, 3.63) is 52.2 Å². The van der Waals surface area contributed by atoms with Crippen LogP contribution in [0.25, 0.3) is 0 Å². The molecule has 6 heteroatoms. The lowest BCUT2D eigenvalue weighted by atomic mass is 10.0. The van der Waals surface area contributed by atoms with Crippen LogP contribution in [-0.4, -0.2) is 42.0 Å². The molecule has 1 fully saturated rings. The summed E-state index contributed by atoms with van der Waals surface area (Å²) >= 11 is 1.55. The molecule has 2 aromatic rings. The summed E-state index contributed by atoms with van der Waals surface area (Å²) in [6, 6.07) is 11.0. The van der Waals surface area contributed by atoms with E-state index in [1.807, 2.05) is 36.3 Å². The number of hydrogen-bond donors (Lipinski definition) is 1. The summed E-state index contributed by atoms with van der Waals surface area (Å²) in [5.74, 6) is -0.124. The van der Waals surface area contributed by atoms with Crippen LogP contribution >= 0.6 is 11.3 Å². The number of nitrogens with zero attached hydrogens (tertiary/aromatic N) is 1. The summed E-state index contributed by atoms with van der Waals surface area (Å²) in [4.78, 5) is 27.9. The Morgan fingerprint density at radius 3 is 2.84 bits per heavy atom. The van der Waals surface area contributed by atoms with E-state index in [4.69, 9.17) is 4.74 Å². The number of carbonyl (C=O) groups excluding carboxylic acids is 2. The van der Waals surface area contributed by atoms with Gasteiger partial charge in [0, 0.05) is 22.7 Å². The minimum atomic E-state index is -0.340. The van der Waals surface area contributed by atoms with Crippen LogP contribution in [0.1, 0.15) is 29.1 Å². The third kappa shape index (κ3) is 4.27. The topological polar surface area (TPSA) is 58.6 Å². The van der Waals surface area contributed by atoms with Crippen molar-refractivity contribution in [1.82, 2.24) is 4.90 Å². The summed E-state index contributed by atoms with van der Waals surface area (Å²) in [5, 5.41) is 4.82. The highest BCUT2D eigenvalue weighted by Gasteiger charge is 2.34. The van der Waals surface area contributed by atoms with Crippen molar-refractivity contribution >= 4 is 28.8 Å². The smallest absolute Gasteiger partial charge is 0.254 e. The van der Waals surface area contributed by atoms with Gasteiger partial charge < -0.3 is 15.0 Å². The fourth-order valence-corrected chi connectivity index (χ4v) is 3.60. The minimum Gasteiger partial charge on any atom is -0.377 e. The van der Waals surface area contributed by atoms with E-state index >= 15 is 0 Å². The molecule has 5 nitrogen and oxygen atoms in total. The van der Waals surface area contributed by atoms with Crippen molar-refractivity contribution in [2.45, 2.75) is 25.8 Å². The van der Waals surface area contributed by atoms with E-state index in [0.717, 1.165) is 4.88 Å². The Bertz CT molecular complexity index is 756. The highest BCUT2D eigenvalue weighted by molar-refractivity contribution is 7.10. The average molecular weight is 358 g/mol. The first-order valence-electron chi connectivity index (χ1n) is 8.28. The molecule has 1 saturated heterocycles. The van der Waals surface area contributed by atoms with E-state index in [0.29, 0.717) is 37.4 Å².